The lowest BCUT2D eigenvalue weighted by molar-refractivity contribution is -0.118. The number of rotatable bonds is 10. The van der Waals surface area contributed by atoms with E-state index in [1.807, 2.05) is 6.26 Å². The first-order chi connectivity index (χ1) is 15.5. The van der Waals surface area contributed by atoms with Gasteiger partial charge in [-0.05, 0) is 48.3 Å². The quantitative estimate of drug-likeness (QED) is 0.291. The van der Waals surface area contributed by atoms with Crippen LogP contribution in [0, 0.1) is 5.82 Å². The summed E-state index contributed by atoms with van der Waals surface area (Å²) >= 11 is 10.4. The number of aromatic nitrogens is 2. The summed E-state index contributed by atoms with van der Waals surface area (Å²) in [5.41, 5.74) is 1.27. The van der Waals surface area contributed by atoms with Gasteiger partial charge in [-0.1, -0.05) is 59.0 Å². The molecule has 0 aliphatic rings. The summed E-state index contributed by atoms with van der Waals surface area (Å²) in [6.07, 6.45) is 2.38. The molecule has 3 aromatic rings. The number of nitrogens with one attached hydrogen (secondary N) is 2. The molecule has 32 heavy (non-hydrogen) atoms. The Hall–Kier alpha value is -2.14. The average molecular weight is 511 g/mol. The van der Waals surface area contributed by atoms with Crippen molar-refractivity contribution in [2.45, 2.75) is 22.6 Å². The van der Waals surface area contributed by atoms with Gasteiger partial charge >= 0.3 is 0 Å². The summed E-state index contributed by atoms with van der Waals surface area (Å²) in [7, 11) is 0. The highest BCUT2D eigenvalue weighted by molar-refractivity contribution is 8.00. The number of hydrogen-bond acceptors (Lipinski definition) is 7. The average Bonchev–Trinajstić information content (AvgIpc) is 3.23. The lowest BCUT2D eigenvalue weighted by Crippen LogP contribution is -2.44. The molecule has 0 aliphatic carbocycles. The van der Waals surface area contributed by atoms with Gasteiger partial charge in [0.1, 0.15) is 11.9 Å². The molecule has 0 aliphatic heterocycles. The second kappa shape index (κ2) is 12.2. The van der Waals surface area contributed by atoms with E-state index in [2.05, 4.69) is 20.8 Å². The summed E-state index contributed by atoms with van der Waals surface area (Å²) in [4.78, 5) is 25.4. The number of carbonyl (C=O) groups is 2. The van der Waals surface area contributed by atoms with Crippen molar-refractivity contribution in [3.05, 3.63) is 70.5 Å². The summed E-state index contributed by atoms with van der Waals surface area (Å²) in [5.74, 6) is 0.232. The molecule has 3 rings (SSSR count). The number of benzene rings is 2. The molecule has 0 fully saturated rings. The lowest BCUT2D eigenvalue weighted by Gasteiger charge is -2.17. The largest absolute Gasteiger partial charge is 0.340 e. The van der Waals surface area contributed by atoms with E-state index in [9.17, 15) is 14.0 Å². The van der Waals surface area contributed by atoms with Crippen LogP contribution in [0.1, 0.15) is 22.3 Å². The van der Waals surface area contributed by atoms with Gasteiger partial charge in [0.25, 0.3) is 5.91 Å². The summed E-state index contributed by atoms with van der Waals surface area (Å²) in [5, 5.41) is 14.2. The Balaban J connectivity index is 1.60. The number of thioether (sulfide) groups is 2. The van der Waals surface area contributed by atoms with E-state index in [1.54, 1.807) is 48.2 Å². The first-order valence-corrected chi connectivity index (χ1v) is 13.1. The highest BCUT2D eigenvalue weighted by Crippen LogP contribution is 2.28. The van der Waals surface area contributed by atoms with Crippen molar-refractivity contribution >= 4 is 63.4 Å². The van der Waals surface area contributed by atoms with Crippen LogP contribution in [0.3, 0.4) is 0 Å². The monoisotopic (exact) mass is 510 g/mol. The van der Waals surface area contributed by atoms with E-state index in [0.29, 0.717) is 38.0 Å². The van der Waals surface area contributed by atoms with Gasteiger partial charge < -0.3 is 5.32 Å². The minimum atomic E-state index is -0.745. The first-order valence-electron chi connectivity index (χ1n) is 9.52. The van der Waals surface area contributed by atoms with Crippen molar-refractivity contribution in [3.63, 3.8) is 0 Å². The van der Waals surface area contributed by atoms with Crippen LogP contribution in [0.2, 0.25) is 5.02 Å². The molecule has 0 saturated carbocycles. The summed E-state index contributed by atoms with van der Waals surface area (Å²) in [6, 6.07) is 12.2. The molecule has 168 valence electrons. The fraction of sp³-hybridized carbons (Fsp3) is 0.238. The van der Waals surface area contributed by atoms with Crippen molar-refractivity contribution < 1.29 is 14.0 Å². The van der Waals surface area contributed by atoms with Gasteiger partial charge in [-0.2, -0.15) is 11.8 Å². The zero-order chi connectivity index (χ0) is 22.9. The van der Waals surface area contributed by atoms with Crippen LogP contribution < -0.4 is 10.6 Å². The second-order valence-corrected chi connectivity index (χ2v) is 10.2. The van der Waals surface area contributed by atoms with Gasteiger partial charge in [-0.15, -0.1) is 10.2 Å². The number of nitrogens with zero attached hydrogens (tertiary/aromatic N) is 2. The molecular formula is C21H20ClFN4O2S3. The molecule has 1 atom stereocenters. The highest BCUT2D eigenvalue weighted by Gasteiger charge is 2.23. The van der Waals surface area contributed by atoms with Gasteiger partial charge in [0.05, 0.1) is 10.6 Å². The first kappa shape index (κ1) is 24.5. The van der Waals surface area contributed by atoms with Crippen LogP contribution in [0.4, 0.5) is 9.52 Å². The van der Waals surface area contributed by atoms with Crippen LogP contribution in [0.5, 0.6) is 0 Å². The zero-order valence-corrected chi connectivity index (χ0v) is 20.2. The van der Waals surface area contributed by atoms with Crippen LogP contribution in [-0.4, -0.2) is 40.1 Å². The minimum absolute atomic E-state index is 0.280. The van der Waals surface area contributed by atoms with Gasteiger partial charge in [0, 0.05) is 5.75 Å². The third kappa shape index (κ3) is 7.19. The maximum Gasteiger partial charge on any atom is 0.253 e. The van der Waals surface area contributed by atoms with Crippen molar-refractivity contribution in [1.29, 1.82) is 0 Å². The Bertz CT molecular complexity index is 1070. The normalized spacial score (nSPS) is 11.7. The molecular weight excluding hydrogens is 491 g/mol. The number of carbonyl (C=O) groups excluding carboxylic acids is 2. The molecule has 0 bridgehead atoms. The fourth-order valence-corrected chi connectivity index (χ4v) is 5.03. The number of amides is 2. The molecule has 0 spiro atoms. The Morgan fingerprint density at radius 1 is 1.16 bits per heavy atom. The zero-order valence-electron chi connectivity index (χ0n) is 17.0. The molecule has 1 unspecified atom stereocenters. The summed E-state index contributed by atoms with van der Waals surface area (Å²) < 4.78 is 13.7. The standard InChI is InChI=1S/C21H20ClFN4O2S3/c1-30-11-10-17(24-18(28)15-4-2-3-5-16(15)22)19(29)25-20-26-27-21(32-20)31-12-13-6-8-14(23)9-7-13/h2-9,17H,10-12H2,1H3,(H,24,28)(H,25,26,29). The maximum absolute atomic E-state index is 13.0. The molecule has 0 saturated heterocycles. The Morgan fingerprint density at radius 2 is 1.91 bits per heavy atom. The summed E-state index contributed by atoms with van der Waals surface area (Å²) in [6.45, 7) is 0. The van der Waals surface area contributed by atoms with Crippen LogP contribution >= 0.6 is 46.5 Å². The Kier molecular flexibility index (Phi) is 9.34. The van der Waals surface area contributed by atoms with E-state index in [-0.39, 0.29) is 11.7 Å². The third-order valence-electron chi connectivity index (χ3n) is 4.26. The molecule has 1 heterocycles. The molecule has 1 aromatic heterocycles. The predicted molar refractivity (Wildman–Crippen MR) is 130 cm³/mol. The highest BCUT2D eigenvalue weighted by atomic mass is 35.5. The maximum atomic E-state index is 13.0. The van der Waals surface area contributed by atoms with Gasteiger partial charge in [0.15, 0.2) is 4.34 Å². The van der Waals surface area contributed by atoms with Crippen LogP contribution in [0.25, 0.3) is 0 Å². The number of halogens is 2. The van der Waals surface area contributed by atoms with E-state index < -0.39 is 11.9 Å². The number of anilines is 1. The van der Waals surface area contributed by atoms with Gasteiger partial charge in [-0.3, -0.25) is 14.9 Å². The van der Waals surface area contributed by atoms with Crippen LogP contribution in [0.15, 0.2) is 52.9 Å². The molecule has 2 aromatic carbocycles. The van der Waals surface area contributed by atoms with E-state index in [4.69, 9.17) is 11.6 Å². The Labute approximate surface area is 202 Å². The minimum Gasteiger partial charge on any atom is -0.340 e. The lowest BCUT2D eigenvalue weighted by atomic mass is 10.1. The Morgan fingerprint density at radius 3 is 2.62 bits per heavy atom. The van der Waals surface area contributed by atoms with E-state index in [0.717, 1.165) is 5.56 Å². The molecule has 11 heteroatoms. The predicted octanol–water partition coefficient (Wildman–Crippen LogP) is 5.11. The fourth-order valence-electron chi connectivity index (χ4n) is 2.62. The molecule has 6 nitrogen and oxygen atoms in total. The van der Waals surface area contributed by atoms with Crippen molar-refractivity contribution in [1.82, 2.24) is 15.5 Å². The third-order valence-corrected chi connectivity index (χ3v) is 7.28. The molecule has 0 radical (unpaired) electrons. The van der Waals surface area contributed by atoms with Crippen molar-refractivity contribution in [3.8, 4) is 0 Å². The molecule has 2 amide bonds. The van der Waals surface area contributed by atoms with Crippen molar-refractivity contribution in [2.75, 3.05) is 17.3 Å². The van der Waals surface area contributed by atoms with E-state index >= 15 is 0 Å². The molecule has 2 N–H and O–H groups in total. The van der Waals surface area contributed by atoms with Crippen LogP contribution in [-0.2, 0) is 10.5 Å². The van der Waals surface area contributed by atoms with E-state index in [1.165, 1.54) is 35.2 Å². The number of hydrogen-bond donors (Lipinski definition) is 2. The SMILES string of the molecule is CSCCC(NC(=O)c1ccccc1Cl)C(=O)Nc1nnc(SCc2ccc(F)cc2)s1. The second-order valence-electron chi connectivity index (χ2n) is 6.56. The van der Waals surface area contributed by atoms with Gasteiger partial charge in [-0.25, -0.2) is 4.39 Å². The van der Waals surface area contributed by atoms with Crippen molar-refractivity contribution in [2.24, 2.45) is 0 Å². The smallest absolute Gasteiger partial charge is 0.253 e. The van der Waals surface area contributed by atoms with Gasteiger partial charge in [0.2, 0.25) is 11.0 Å². The topological polar surface area (TPSA) is 84.0 Å².